The average molecular weight is 458 g/mol. The lowest BCUT2D eigenvalue weighted by molar-refractivity contribution is 0.100. The number of halogens is 2. The zero-order valence-electron chi connectivity index (χ0n) is 17.4. The Morgan fingerprint density at radius 3 is 2.75 bits per heavy atom. The first-order chi connectivity index (χ1) is 15.3. The molecule has 32 heavy (non-hydrogen) atoms. The number of amidine groups is 1. The zero-order valence-corrected chi connectivity index (χ0v) is 18.2. The number of aliphatic imine (C=N–C) groups is 1. The SMILES string of the molecule is CNc1ccc(C(=O)N=C(N)SC(=N)C#CC2CC2)c(-c2cc(C(F)F)ncc2OC)c1. The van der Waals surface area contributed by atoms with Crippen LogP contribution >= 0.6 is 11.8 Å². The monoisotopic (exact) mass is 457 g/mol. The number of carbonyl (C=O) groups is 1. The van der Waals surface area contributed by atoms with Gasteiger partial charge in [-0.1, -0.05) is 5.92 Å². The summed E-state index contributed by atoms with van der Waals surface area (Å²) in [5.74, 6) is 5.50. The number of nitrogens with zero attached hydrogens (tertiary/aromatic N) is 2. The van der Waals surface area contributed by atoms with Gasteiger partial charge in [-0.05, 0) is 54.8 Å². The van der Waals surface area contributed by atoms with Gasteiger partial charge in [0.25, 0.3) is 12.3 Å². The summed E-state index contributed by atoms with van der Waals surface area (Å²) in [4.78, 5) is 20.5. The number of nitrogens with two attached hydrogens (primary N) is 1. The summed E-state index contributed by atoms with van der Waals surface area (Å²) in [6.45, 7) is 0. The van der Waals surface area contributed by atoms with Gasteiger partial charge in [0.15, 0.2) is 5.17 Å². The third-order valence-electron chi connectivity index (χ3n) is 4.55. The van der Waals surface area contributed by atoms with E-state index >= 15 is 0 Å². The normalized spacial score (nSPS) is 13.3. The van der Waals surface area contributed by atoms with Gasteiger partial charge in [-0.2, -0.15) is 4.99 Å². The van der Waals surface area contributed by atoms with Gasteiger partial charge in [0.05, 0.1) is 13.3 Å². The Morgan fingerprint density at radius 2 is 2.12 bits per heavy atom. The lowest BCUT2D eigenvalue weighted by Gasteiger charge is -2.14. The Bertz CT molecular complexity index is 1140. The van der Waals surface area contributed by atoms with Crippen molar-refractivity contribution in [2.75, 3.05) is 19.5 Å². The number of thioether (sulfide) groups is 1. The second-order valence-electron chi connectivity index (χ2n) is 6.85. The molecule has 1 amide bonds. The van der Waals surface area contributed by atoms with E-state index in [9.17, 15) is 13.6 Å². The molecule has 3 rings (SSSR count). The summed E-state index contributed by atoms with van der Waals surface area (Å²) >= 11 is 0.786. The van der Waals surface area contributed by atoms with Crippen LogP contribution in [-0.2, 0) is 0 Å². The zero-order chi connectivity index (χ0) is 23.3. The van der Waals surface area contributed by atoms with Gasteiger partial charge < -0.3 is 15.8 Å². The van der Waals surface area contributed by atoms with Crippen molar-refractivity contribution in [3.63, 3.8) is 0 Å². The van der Waals surface area contributed by atoms with Crippen molar-refractivity contribution >= 4 is 33.6 Å². The van der Waals surface area contributed by atoms with E-state index in [-0.39, 0.29) is 27.1 Å². The fourth-order valence-electron chi connectivity index (χ4n) is 2.77. The number of nitrogens with one attached hydrogen (secondary N) is 2. The summed E-state index contributed by atoms with van der Waals surface area (Å²) in [5, 5.41) is 10.7. The Morgan fingerprint density at radius 1 is 1.38 bits per heavy atom. The number of pyridine rings is 1. The highest BCUT2D eigenvalue weighted by Crippen LogP contribution is 2.36. The minimum atomic E-state index is -2.79. The van der Waals surface area contributed by atoms with Gasteiger partial charge in [0.2, 0.25) is 0 Å². The molecule has 1 aliphatic carbocycles. The molecule has 0 radical (unpaired) electrons. The molecule has 0 aliphatic heterocycles. The number of amides is 1. The van der Waals surface area contributed by atoms with Crippen LogP contribution in [0.5, 0.6) is 5.75 Å². The molecule has 1 aromatic heterocycles. The van der Waals surface area contributed by atoms with E-state index < -0.39 is 18.0 Å². The van der Waals surface area contributed by atoms with Crippen molar-refractivity contribution in [2.45, 2.75) is 19.3 Å². The van der Waals surface area contributed by atoms with Gasteiger partial charge in [0.1, 0.15) is 16.5 Å². The largest absolute Gasteiger partial charge is 0.494 e. The second kappa shape index (κ2) is 10.2. The first-order valence-electron chi connectivity index (χ1n) is 9.63. The van der Waals surface area contributed by atoms with Crippen LogP contribution in [0.15, 0.2) is 35.5 Å². The predicted molar refractivity (Wildman–Crippen MR) is 122 cm³/mol. The van der Waals surface area contributed by atoms with Crippen LogP contribution < -0.4 is 15.8 Å². The van der Waals surface area contributed by atoms with Crippen molar-refractivity contribution in [2.24, 2.45) is 16.6 Å². The highest BCUT2D eigenvalue weighted by atomic mass is 32.2. The van der Waals surface area contributed by atoms with Crippen LogP contribution in [0.4, 0.5) is 14.5 Å². The number of methoxy groups -OCH3 is 1. The molecule has 0 spiro atoms. The summed E-state index contributed by atoms with van der Waals surface area (Å²) < 4.78 is 31.8. The molecule has 1 heterocycles. The molecule has 0 bridgehead atoms. The van der Waals surface area contributed by atoms with Crippen LogP contribution in [0, 0.1) is 23.2 Å². The summed E-state index contributed by atoms with van der Waals surface area (Å²) in [7, 11) is 3.07. The minimum absolute atomic E-state index is 0.00548. The van der Waals surface area contributed by atoms with E-state index in [0.717, 1.165) is 24.6 Å². The minimum Gasteiger partial charge on any atom is -0.494 e. The second-order valence-corrected chi connectivity index (χ2v) is 7.88. The van der Waals surface area contributed by atoms with Gasteiger partial charge in [-0.15, -0.1) is 0 Å². The van der Waals surface area contributed by atoms with E-state index in [4.69, 9.17) is 15.9 Å². The Labute approximate surface area is 188 Å². The smallest absolute Gasteiger partial charge is 0.280 e. The van der Waals surface area contributed by atoms with Crippen molar-refractivity contribution < 1.29 is 18.3 Å². The van der Waals surface area contributed by atoms with E-state index in [0.29, 0.717) is 17.2 Å². The van der Waals surface area contributed by atoms with Crippen molar-refractivity contribution in [3.05, 3.63) is 41.7 Å². The predicted octanol–water partition coefficient (Wildman–Crippen LogP) is 4.32. The molecule has 166 valence electrons. The molecule has 1 fully saturated rings. The highest BCUT2D eigenvalue weighted by molar-refractivity contribution is 8.26. The van der Waals surface area contributed by atoms with Crippen LogP contribution in [-0.4, -0.2) is 35.3 Å². The summed E-state index contributed by atoms with van der Waals surface area (Å²) in [6, 6.07) is 5.98. The van der Waals surface area contributed by atoms with Crippen LogP contribution in [0.3, 0.4) is 0 Å². The highest BCUT2D eigenvalue weighted by Gasteiger charge is 2.21. The van der Waals surface area contributed by atoms with Gasteiger partial charge in [0, 0.05) is 35.3 Å². The molecule has 2 aromatic rings. The standard InChI is InChI=1S/C22H21F2N5O2S/c1-27-13-6-7-14(21(30)29-22(26)32-19(25)8-5-12-3-4-12)15(9-13)16-10-17(20(23)24)28-11-18(16)31-2/h6-7,9-12,20,25,27H,3-4H2,1-2H3,(H2,26,29,30). The number of hydrogen-bond acceptors (Lipinski definition) is 6. The molecule has 10 heteroatoms. The lowest BCUT2D eigenvalue weighted by Crippen LogP contribution is -2.13. The molecule has 0 unspecified atom stereocenters. The fraction of sp³-hybridized carbons (Fsp3) is 0.273. The molecule has 7 nitrogen and oxygen atoms in total. The Balaban J connectivity index is 1.97. The topological polar surface area (TPSA) is 113 Å². The van der Waals surface area contributed by atoms with Gasteiger partial charge in [-0.3, -0.25) is 15.2 Å². The number of hydrogen-bond donors (Lipinski definition) is 3. The fourth-order valence-corrected chi connectivity index (χ4v) is 3.22. The third-order valence-corrected chi connectivity index (χ3v) is 5.15. The third kappa shape index (κ3) is 5.82. The quantitative estimate of drug-likeness (QED) is 0.350. The molecular formula is C22H21F2N5O2S. The first-order valence-corrected chi connectivity index (χ1v) is 10.4. The molecule has 1 aliphatic rings. The maximum absolute atomic E-state index is 13.3. The lowest BCUT2D eigenvalue weighted by atomic mass is 9.97. The van der Waals surface area contributed by atoms with Crippen LogP contribution in [0.2, 0.25) is 0 Å². The van der Waals surface area contributed by atoms with Crippen molar-refractivity contribution in [1.29, 1.82) is 5.41 Å². The van der Waals surface area contributed by atoms with Crippen LogP contribution in [0.25, 0.3) is 11.1 Å². The summed E-state index contributed by atoms with van der Waals surface area (Å²) in [6.07, 6.45) is 0.456. The average Bonchev–Trinajstić information content (AvgIpc) is 3.61. The van der Waals surface area contributed by atoms with Gasteiger partial charge >= 0.3 is 0 Å². The Kier molecular flexibility index (Phi) is 7.43. The number of rotatable bonds is 5. The van der Waals surface area contributed by atoms with E-state index in [1.807, 2.05) is 0 Å². The number of carbonyl (C=O) groups excluding carboxylic acids is 1. The maximum Gasteiger partial charge on any atom is 0.280 e. The molecule has 4 N–H and O–H groups in total. The number of aromatic nitrogens is 1. The molecule has 1 aromatic carbocycles. The van der Waals surface area contributed by atoms with Gasteiger partial charge in [-0.25, -0.2) is 8.78 Å². The first kappa shape index (κ1) is 23.2. The van der Waals surface area contributed by atoms with Crippen molar-refractivity contribution in [1.82, 2.24) is 4.98 Å². The van der Waals surface area contributed by atoms with Crippen molar-refractivity contribution in [3.8, 4) is 28.7 Å². The number of anilines is 1. The Hall–Kier alpha value is -3.45. The molecular weight excluding hydrogens is 436 g/mol. The van der Waals surface area contributed by atoms with E-state index in [1.165, 1.54) is 25.4 Å². The van der Waals surface area contributed by atoms with E-state index in [1.54, 1.807) is 19.2 Å². The van der Waals surface area contributed by atoms with Crippen LogP contribution in [0.1, 0.15) is 35.3 Å². The molecule has 0 atom stereocenters. The number of benzene rings is 1. The summed E-state index contributed by atoms with van der Waals surface area (Å²) in [5.41, 5.74) is 6.76. The molecule has 0 saturated heterocycles. The number of alkyl halides is 2. The molecule has 1 saturated carbocycles. The maximum atomic E-state index is 13.3. The van der Waals surface area contributed by atoms with E-state index in [2.05, 4.69) is 27.1 Å². The number of ether oxygens (including phenoxy) is 1.